The minimum absolute atomic E-state index is 0.0595. The van der Waals surface area contributed by atoms with Crippen LogP contribution in [-0.4, -0.2) is 16.7 Å². The minimum Gasteiger partial charge on any atom is -0.357 e. The van der Waals surface area contributed by atoms with Crippen LogP contribution in [-0.2, 0) is 16.0 Å². The molecule has 5 nitrogen and oxygen atoms in total. The Kier molecular flexibility index (Phi) is 5.33. The van der Waals surface area contributed by atoms with Crippen molar-refractivity contribution >= 4 is 23.1 Å². The first kappa shape index (κ1) is 21.1. The van der Waals surface area contributed by atoms with Crippen molar-refractivity contribution in [2.24, 2.45) is 5.41 Å². The highest BCUT2D eigenvalue weighted by molar-refractivity contribution is 6.06. The maximum atomic E-state index is 13.9. The second kappa shape index (κ2) is 8.32. The second-order valence-corrected chi connectivity index (χ2v) is 9.59. The molecular weight excluding hydrogens is 410 g/mol. The van der Waals surface area contributed by atoms with Crippen molar-refractivity contribution in [1.29, 1.82) is 0 Å². The maximum absolute atomic E-state index is 13.9. The van der Waals surface area contributed by atoms with E-state index in [0.717, 1.165) is 34.6 Å². The molecule has 5 rings (SSSR count). The van der Waals surface area contributed by atoms with Gasteiger partial charge in [-0.05, 0) is 41.2 Å². The first-order valence-electron chi connectivity index (χ1n) is 11.3. The van der Waals surface area contributed by atoms with E-state index in [2.05, 4.69) is 24.1 Å². The van der Waals surface area contributed by atoms with Crippen LogP contribution >= 0.6 is 0 Å². The van der Waals surface area contributed by atoms with Gasteiger partial charge in [0.15, 0.2) is 5.78 Å². The second-order valence-electron chi connectivity index (χ2n) is 9.59. The third-order valence-corrected chi connectivity index (χ3v) is 6.37. The molecule has 0 saturated heterocycles. The lowest BCUT2D eigenvalue weighted by Gasteiger charge is -2.37. The van der Waals surface area contributed by atoms with Crippen molar-refractivity contribution < 1.29 is 9.59 Å². The number of para-hydroxylation sites is 2. The van der Waals surface area contributed by atoms with E-state index in [1.54, 1.807) is 17.3 Å². The third kappa shape index (κ3) is 4.07. The lowest BCUT2D eigenvalue weighted by Crippen LogP contribution is -2.40. The van der Waals surface area contributed by atoms with Crippen molar-refractivity contribution in [2.75, 3.05) is 10.2 Å². The lowest BCUT2D eigenvalue weighted by atomic mass is 9.73. The number of anilines is 2. The quantitative estimate of drug-likeness (QED) is 0.590. The molecule has 2 aliphatic rings. The molecule has 0 unspecified atom stereocenters. The van der Waals surface area contributed by atoms with E-state index in [0.29, 0.717) is 12.0 Å². The number of nitrogens with one attached hydrogen (secondary N) is 1. The summed E-state index contributed by atoms with van der Waals surface area (Å²) in [5.74, 6) is 0.0172. The van der Waals surface area contributed by atoms with Crippen LogP contribution in [0.2, 0.25) is 0 Å². The number of rotatable bonds is 3. The molecule has 5 heteroatoms. The highest BCUT2D eigenvalue weighted by Gasteiger charge is 2.43. The largest absolute Gasteiger partial charge is 0.357 e. The third-order valence-electron chi connectivity index (χ3n) is 6.37. The van der Waals surface area contributed by atoms with Crippen LogP contribution in [0.4, 0.5) is 11.4 Å². The highest BCUT2D eigenvalue weighted by Crippen LogP contribution is 2.48. The standard InChI is InChI=1S/C28H27N3O2/c1-28(2)16-22-26(24(32)17-28)27(20-11-8-14-29-18-20)31(23-13-7-6-12-21(23)30-22)25(33)15-19-9-4-3-5-10-19/h3-14,18,27,30H,15-17H2,1-2H3/t27-/m0/s1. The predicted molar refractivity (Wildman–Crippen MR) is 130 cm³/mol. The molecule has 0 saturated carbocycles. The minimum atomic E-state index is -0.537. The molecule has 2 aromatic carbocycles. The van der Waals surface area contributed by atoms with Crippen LogP contribution in [0, 0.1) is 5.41 Å². The Hall–Kier alpha value is -3.73. The molecule has 1 N–H and O–H groups in total. The maximum Gasteiger partial charge on any atom is 0.232 e. The summed E-state index contributed by atoms with van der Waals surface area (Å²) in [6, 6.07) is 20.8. The van der Waals surface area contributed by atoms with Crippen LogP contribution in [0.25, 0.3) is 0 Å². The molecule has 33 heavy (non-hydrogen) atoms. The zero-order valence-corrected chi connectivity index (χ0v) is 18.9. The number of ketones is 1. The fourth-order valence-corrected chi connectivity index (χ4v) is 4.97. The average molecular weight is 438 g/mol. The van der Waals surface area contributed by atoms with Crippen LogP contribution in [0.1, 0.15) is 43.9 Å². The summed E-state index contributed by atoms with van der Waals surface area (Å²) in [7, 11) is 0. The number of hydrogen-bond donors (Lipinski definition) is 1. The Balaban J connectivity index is 1.71. The van der Waals surface area contributed by atoms with Crippen molar-refractivity contribution in [3.8, 4) is 0 Å². The van der Waals surface area contributed by atoms with Gasteiger partial charge in [0, 0.05) is 30.1 Å². The van der Waals surface area contributed by atoms with Crippen LogP contribution in [0.5, 0.6) is 0 Å². The first-order valence-corrected chi connectivity index (χ1v) is 11.3. The summed E-state index contributed by atoms with van der Waals surface area (Å²) in [4.78, 5) is 33.6. The van der Waals surface area contributed by atoms with E-state index in [4.69, 9.17) is 0 Å². The molecule has 2 heterocycles. The van der Waals surface area contributed by atoms with Gasteiger partial charge in [-0.2, -0.15) is 0 Å². The van der Waals surface area contributed by atoms with E-state index in [1.165, 1.54) is 0 Å². The Bertz CT molecular complexity index is 1230. The van der Waals surface area contributed by atoms with Crippen LogP contribution in [0.3, 0.4) is 0 Å². The van der Waals surface area contributed by atoms with Crippen LogP contribution < -0.4 is 10.2 Å². The van der Waals surface area contributed by atoms with Gasteiger partial charge in [-0.25, -0.2) is 0 Å². The van der Waals surface area contributed by atoms with E-state index in [1.807, 2.05) is 66.7 Å². The zero-order valence-electron chi connectivity index (χ0n) is 18.9. The van der Waals surface area contributed by atoms with Gasteiger partial charge in [-0.1, -0.05) is 62.4 Å². The van der Waals surface area contributed by atoms with Gasteiger partial charge in [0.1, 0.15) is 0 Å². The molecule has 166 valence electrons. The lowest BCUT2D eigenvalue weighted by molar-refractivity contribution is -0.119. The number of aromatic nitrogens is 1. The Labute approximate surface area is 194 Å². The topological polar surface area (TPSA) is 62.3 Å². The van der Waals surface area contributed by atoms with Gasteiger partial charge < -0.3 is 5.32 Å². The van der Waals surface area contributed by atoms with E-state index in [-0.39, 0.29) is 23.5 Å². The fourth-order valence-electron chi connectivity index (χ4n) is 4.97. The summed E-state index contributed by atoms with van der Waals surface area (Å²) in [5.41, 5.74) is 4.79. The first-order chi connectivity index (χ1) is 15.9. The summed E-state index contributed by atoms with van der Waals surface area (Å²) in [5, 5.41) is 3.54. The normalized spacial score (nSPS) is 19.3. The average Bonchev–Trinajstić information content (AvgIpc) is 2.94. The molecular formula is C28H27N3O2. The predicted octanol–water partition coefficient (Wildman–Crippen LogP) is 5.47. The molecule has 0 spiro atoms. The molecule has 1 atom stereocenters. The van der Waals surface area contributed by atoms with E-state index in [9.17, 15) is 9.59 Å². The van der Waals surface area contributed by atoms with E-state index < -0.39 is 6.04 Å². The number of allylic oxidation sites excluding steroid dienone is 1. The van der Waals surface area contributed by atoms with Crippen molar-refractivity contribution in [1.82, 2.24) is 4.98 Å². The smallest absolute Gasteiger partial charge is 0.232 e. The number of pyridine rings is 1. The number of benzene rings is 2. The van der Waals surface area contributed by atoms with Gasteiger partial charge in [0.25, 0.3) is 0 Å². The van der Waals surface area contributed by atoms with Crippen molar-refractivity contribution in [3.63, 3.8) is 0 Å². The number of nitrogens with zero attached hydrogens (tertiary/aromatic N) is 2. The van der Waals surface area contributed by atoms with Crippen molar-refractivity contribution in [3.05, 3.63) is 102 Å². The molecule has 1 aromatic heterocycles. The molecule has 1 amide bonds. The van der Waals surface area contributed by atoms with Gasteiger partial charge in [0.05, 0.1) is 23.8 Å². The Morgan fingerprint density at radius 2 is 1.79 bits per heavy atom. The number of fused-ring (bicyclic) bond motifs is 1. The number of carbonyl (C=O) groups is 2. The Morgan fingerprint density at radius 1 is 1.03 bits per heavy atom. The van der Waals surface area contributed by atoms with Gasteiger partial charge >= 0.3 is 0 Å². The fraction of sp³-hybridized carbons (Fsp3) is 0.250. The van der Waals surface area contributed by atoms with Gasteiger partial charge in [-0.15, -0.1) is 0 Å². The molecule has 0 radical (unpaired) electrons. The monoisotopic (exact) mass is 437 g/mol. The molecule has 1 aliphatic heterocycles. The molecule has 0 fully saturated rings. The zero-order chi connectivity index (χ0) is 23.0. The van der Waals surface area contributed by atoms with Gasteiger partial charge in [-0.3, -0.25) is 19.5 Å². The summed E-state index contributed by atoms with van der Waals surface area (Å²) < 4.78 is 0. The number of Topliss-reactive ketones (excluding diaryl/α,β-unsaturated/α-hetero) is 1. The highest BCUT2D eigenvalue weighted by atomic mass is 16.2. The van der Waals surface area contributed by atoms with Crippen LogP contribution in [0.15, 0.2) is 90.4 Å². The molecule has 3 aromatic rings. The number of carbonyl (C=O) groups excluding carboxylic acids is 2. The summed E-state index contributed by atoms with van der Waals surface area (Å²) >= 11 is 0. The van der Waals surface area contributed by atoms with E-state index >= 15 is 0 Å². The molecule has 0 bridgehead atoms. The number of amides is 1. The SMILES string of the molecule is CC1(C)CC(=O)C2=C(C1)Nc1ccccc1N(C(=O)Cc1ccccc1)[C@H]2c1cccnc1. The summed E-state index contributed by atoms with van der Waals surface area (Å²) in [6.45, 7) is 4.23. The van der Waals surface area contributed by atoms with Gasteiger partial charge in [0.2, 0.25) is 5.91 Å². The molecule has 1 aliphatic carbocycles. The Morgan fingerprint density at radius 3 is 2.55 bits per heavy atom. The number of hydrogen-bond acceptors (Lipinski definition) is 4. The van der Waals surface area contributed by atoms with Crippen molar-refractivity contribution in [2.45, 2.75) is 39.2 Å². The summed E-state index contributed by atoms with van der Waals surface area (Å²) in [6.07, 6.45) is 4.90.